The number of nitrogen functional groups attached to an aromatic ring is 1. The van der Waals surface area contributed by atoms with Crippen molar-refractivity contribution in [3.05, 3.63) is 47.8 Å². The zero-order chi connectivity index (χ0) is 19.1. The monoisotopic (exact) mass is 351 g/mol. The van der Waals surface area contributed by atoms with Crippen LogP contribution in [0, 0.1) is 18.3 Å². The normalized spacial score (nSPS) is 13.0. The van der Waals surface area contributed by atoms with E-state index in [9.17, 15) is 5.26 Å². The highest BCUT2D eigenvalue weighted by Gasteiger charge is 2.29. The number of aryl methyl sites for hydroxylation is 1. The third-order valence-electron chi connectivity index (χ3n) is 3.91. The molecule has 26 heavy (non-hydrogen) atoms. The van der Waals surface area contributed by atoms with E-state index in [1.54, 1.807) is 6.08 Å². The first kappa shape index (κ1) is 19.2. The Hall–Kier alpha value is -3.14. The SMILES string of the molecule is C=C/C=C\c1c(C)nc(CNc2ncnc(N)c2C#N)n1C1CC1.CC. The number of imidazole rings is 1. The quantitative estimate of drug-likeness (QED) is 0.770. The molecule has 0 bridgehead atoms. The Balaban J connectivity index is 0.00000117. The first-order chi connectivity index (χ1) is 12.7. The molecule has 7 nitrogen and oxygen atoms in total. The fraction of sp³-hybridized carbons (Fsp3) is 0.368. The van der Waals surface area contributed by atoms with Crippen LogP contribution in [0.15, 0.2) is 25.1 Å². The Morgan fingerprint density at radius 1 is 1.42 bits per heavy atom. The van der Waals surface area contributed by atoms with E-state index in [1.807, 2.05) is 39.0 Å². The summed E-state index contributed by atoms with van der Waals surface area (Å²) in [5.74, 6) is 1.52. The summed E-state index contributed by atoms with van der Waals surface area (Å²) in [4.78, 5) is 12.6. The first-order valence-electron chi connectivity index (χ1n) is 8.77. The van der Waals surface area contributed by atoms with Crippen molar-refractivity contribution in [1.82, 2.24) is 19.5 Å². The van der Waals surface area contributed by atoms with E-state index >= 15 is 0 Å². The molecule has 0 spiro atoms. The molecule has 1 saturated carbocycles. The Bertz CT molecular complexity index is 838. The summed E-state index contributed by atoms with van der Waals surface area (Å²) in [6, 6.07) is 2.52. The number of anilines is 2. The van der Waals surface area contributed by atoms with Crippen LogP contribution in [-0.2, 0) is 6.54 Å². The van der Waals surface area contributed by atoms with Gasteiger partial charge in [0.1, 0.15) is 35.4 Å². The molecule has 136 valence electrons. The van der Waals surface area contributed by atoms with Gasteiger partial charge in [-0.2, -0.15) is 5.26 Å². The topological polar surface area (TPSA) is 105 Å². The molecule has 0 aliphatic heterocycles. The Morgan fingerprint density at radius 3 is 2.77 bits per heavy atom. The van der Waals surface area contributed by atoms with Crippen molar-refractivity contribution >= 4 is 17.7 Å². The molecule has 0 unspecified atom stereocenters. The molecule has 2 aromatic heterocycles. The summed E-state index contributed by atoms with van der Waals surface area (Å²) in [5.41, 5.74) is 8.04. The van der Waals surface area contributed by atoms with E-state index in [0.29, 0.717) is 18.4 Å². The predicted octanol–water partition coefficient (Wildman–Crippen LogP) is 3.61. The average Bonchev–Trinajstić information content (AvgIpc) is 3.44. The molecule has 0 aromatic carbocycles. The predicted molar refractivity (Wildman–Crippen MR) is 104 cm³/mol. The van der Waals surface area contributed by atoms with Crippen LogP contribution in [0.5, 0.6) is 0 Å². The average molecular weight is 351 g/mol. The standard InChI is InChI=1S/C17H19N7.C2H6/c1-3-4-5-14-11(2)23-15(24(14)12-6-7-12)9-20-17-13(8-18)16(19)21-10-22-17;1-2/h3-5,10,12H,1,6-7,9H2,2H3,(H3,19,20,21,22);1-2H3/b5-4-;. The molecule has 3 N–H and O–H groups in total. The van der Waals surface area contributed by atoms with Crippen molar-refractivity contribution in [1.29, 1.82) is 5.26 Å². The van der Waals surface area contributed by atoms with Gasteiger partial charge < -0.3 is 15.6 Å². The molecular formula is C19H25N7. The molecule has 0 radical (unpaired) electrons. The van der Waals surface area contributed by atoms with Crippen LogP contribution in [0.25, 0.3) is 6.08 Å². The minimum Gasteiger partial charge on any atom is -0.382 e. The second kappa shape index (κ2) is 8.81. The van der Waals surface area contributed by atoms with Crippen molar-refractivity contribution in [3.63, 3.8) is 0 Å². The largest absolute Gasteiger partial charge is 0.382 e. The number of nitrogens with two attached hydrogens (primary N) is 1. The first-order valence-corrected chi connectivity index (χ1v) is 8.77. The van der Waals surface area contributed by atoms with Crippen LogP contribution >= 0.6 is 0 Å². The Kier molecular flexibility index (Phi) is 6.50. The van der Waals surface area contributed by atoms with Crippen LogP contribution in [0.2, 0.25) is 0 Å². The van der Waals surface area contributed by atoms with E-state index in [-0.39, 0.29) is 11.4 Å². The van der Waals surface area contributed by atoms with Crippen LogP contribution in [-0.4, -0.2) is 19.5 Å². The molecule has 1 aliphatic rings. The fourth-order valence-electron chi connectivity index (χ4n) is 2.65. The zero-order valence-corrected chi connectivity index (χ0v) is 15.5. The molecule has 2 heterocycles. The lowest BCUT2D eigenvalue weighted by Crippen LogP contribution is -2.11. The molecule has 0 amide bonds. The van der Waals surface area contributed by atoms with Crippen LogP contribution < -0.4 is 11.1 Å². The summed E-state index contributed by atoms with van der Waals surface area (Å²) in [6.45, 7) is 10.2. The second-order valence-electron chi connectivity index (χ2n) is 5.64. The van der Waals surface area contributed by atoms with Crippen molar-refractivity contribution in [2.24, 2.45) is 0 Å². The number of nitrogens with one attached hydrogen (secondary N) is 1. The number of nitrogens with zero attached hydrogens (tertiary/aromatic N) is 5. The maximum absolute atomic E-state index is 9.21. The van der Waals surface area contributed by atoms with E-state index < -0.39 is 0 Å². The summed E-state index contributed by atoms with van der Waals surface area (Å²) in [5, 5.41) is 12.4. The highest BCUT2D eigenvalue weighted by molar-refractivity contribution is 5.62. The third kappa shape index (κ3) is 4.09. The number of hydrogen-bond donors (Lipinski definition) is 2. The molecule has 2 aromatic rings. The number of nitriles is 1. The van der Waals surface area contributed by atoms with Gasteiger partial charge in [-0.1, -0.05) is 32.6 Å². The Labute approximate surface area is 154 Å². The zero-order valence-electron chi connectivity index (χ0n) is 15.5. The highest BCUT2D eigenvalue weighted by atomic mass is 15.2. The number of hydrogen-bond acceptors (Lipinski definition) is 6. The van der Waals surface area contributed by atoms with Crippen LogP contribution in [0.4, 0.5) is 11.6 Å². The van der Waals surface area contributed by atoms with Gasteiger partial charge in [-0.15, -0.1) is 0 Å². The Morgan fingerprint density at radius 2 is 2.15 bits per heavy atom. The maximum Gasteiger partial charge on any atom is 0.149 e. The van der Waals surface area contributed by atoms with Gasteiger partial charge in [0.15, 0.2) is 0 Å². The summed E-state index contributed by atoms with van der Waals surface area (Å²) < 4.78 is 2.25. The van der Waals surface area contributed by atoms with Crippen molar-refractivity contribution in [3.8, 4) is 6.07 Å². The number of allylic oxidation sites excluding steroid dienone is 2. The van der Waals surface area contributed by atoms with Gasteiger partial charge in [0.05, 0.1) is 17.9 Å². The third-order valence-corrected chi connectivity index (χ3v) is 3.91. The van der Waals surface area contributed by atoms with Gasteiger partial charge in [-0.3, -0.25) is 0 Å². The molecule has 3 rings (SSSR count). The van der Waals surface area contributed by atoms with E-state index in [1.165, 1.54) is 6.33 Å². The van der Waals surface area contributed by atoms with Gasteiger partial charge in [0, 0.05) is 6.04 Å². The molecule has 7 heteroatoms. The number of aromatic nitrogens is 4. The highest BCUT2D eigenvalue weighted by Crippen LogP contribution is 2.38. The van der Waals surface area contributed by atoms with Crippen LogP contribution in [0.1, 0.15) is 55.5 Å². The smallest absolute Gasteiger partial charge is 0.149 e. The van der Waals surface area contributed by atoms with Gasteiger partial charge in [-0.05, 0) is 25.8 Å². The maximum atomic E-state index is 9.21. The minimum atomic E-state index is 0.173. The number of rotatable bonds is 6. The van der Waals surface area contributed by atoms with Gasteiger partial charge in [0.25, 0.3) is 0 Å². The lowest BCUT2D eigenvalue weighted by molar-refractivity contribution is 0.684. The van der Waals surface area contributed by atoms with Crippen molar-refractivity contribution in [2.75, 3.05) is 11.1 Å². The molecule has 0 atom stereocenters. The van der Waals surface area contributed by atoms with Crippen LogP contribution in [0.3, 0.4) is 0 Å². The fourth-order valence-corrected chi connectivity index (χ4v) is 2.65. The summed E-state index contributed by atoms with van der Waals surface area (Å²) in [6.07, 6.45) is 9.35. The molecule has 0 saturated heterocycles. The van der Waals surface area contributed by atoms with E-state index in [4.69, 9.17) is 5.73 Å². The van der Waals surface area contributed by atoms with Gasteiger partial charge >= 0.3 is 0 Å². The van der Waals surface area contributed by atoms with E-state index in [0.717, 1.165) is 30.1 Å². The lowest BCUT2D eigenvalue weighted by atomic mass is 10.3. The van der Waals surface area contributed by atoms with Gasteiger partial charge in [0.2, 0.25) is 0 Å². The minimum absolute atomic E-state index is 0.173. The van der Waals surface area contributed by atoms with Crippen molar-refractivity contribution in [2.45, 2.75) is 46.2 Å². The lowest BCUT2D eigenvalue weighted by Gasteiger charge is -2.11. The summed E-state index contributed by atoms with van der Waals surface area (Å²) >= 11 is 0. The van der Waals surface area contributed by atoms with E-state index in [2.05, 4.69) is 31.4 Å². The summed E-state index contributed by atoms with van der Waals surface area (Å²) in [7, 11) is 0. The molecular weight excluding hydrogens is 326 g/mol. The van der Waals surface area contributed by atoms with Gasteiger partial charge in [-0.25, -0.2) is 15.0 Å². The molecule has 1 fully saturated rings. The molecule has 1 aliphatic carbocycles. The van der Waals surface area contributed by atoms with Crippen molar-refractivity contribution < 1.29 is 0 Å². The second-order valence-corrected chi connectivity index (χ2v) is 5.64.